The van der Waals surface area contributed by atoms with Gasteiger partial charge in [0.05, 0.1) is 11.9 Å². The number of nitrogens with one attached hydrogen (secondary N) is 1. The van der Waals surface area contributed by atoms with Crippen molar-refractivity contribution in [1.82, 2.24) is 19.7 Å². The molecule has 0 atom stereocenters. The van der Waals surface area contributed by atoms with E-state index in [2.05, 4.69) is 15.1 Å². The summed E-state index contributed by atoms with van der Waals surface area (Å²) >= 11 is 7.27. The van der Waals surface area contributed by atoms with Crippen molar-refractivity contribution in [1.29, 1.82) is 0 Å². The molecule has 136 valence electrons. The minimum Gasteiger partial charge on any atom is -0.301 e. The molecule has 0 aliphatic rings. The average molecular weight is 401 g/mol. The van der Waals surface area contributed by atoms with E-state index >= 15 is 0 Å². The van der Waals surface area contributed by atoms with Crippen molar-refractivity contribution in [3.8, 4) is 5.69 Å². The first-order valence-corrected chi connectivity index (χ1v) is 9.50. The first-order chi connectivity index (χ1) is 13.0. The number of halogens is 2. The molecule has 0 spiro atoms. The second kappa shape index (κ2) is 7.17. The van der Waals surface area contributed by atoms with Crippen LogP contribution in [0, 0.1) is 12.7 Å². The maximum Gasteiger partial charge on any atom is 0.262 e. The Balaban J connectivity index is 1.73. The Labute approximate surface area is 163 Å². The zero-order valence-electron chi connectivity index (χ0n) is 14.2. The van der Waals surface area contributed by atoms with Crippen LogP contribution in [0.25, 0.3) is 16.7 Å². The van der Waals surface area contributed by atoms with Gasteiger partial charge in [-0.2, -0.15) is 5.10 Å². The Hall–Kier alpha value is -2.64. The summed E-state index contributed by atoms with van der Waals surface area (Å²) in [4.78, 5) is 19.6. The van der Waals surface area contributed by atoms with Gasteiger partial charge >= 0.3 is 0 Å². The van der Waals surface area contributed by atoms with Gasteiger partial charge in [-0.05, 0) is 36.8 Å². The zero-order chi connectivity index (χ0) is 19.0. The standard InChI is InChI=1S/C19H14ClFN4OS/c1-11-4-2-5-12(8-11)25-17-13(9-22-25)18(26)24-19(23-17)27-10-14-15(20)6-3-7-16(14)21/h2-9H,10H2,1H3,(H,23,24,26). The molecule has 4 rings (SSSR count). The number of benzene rings is 2. The number of aromatic amines is 1. The summed E-state index contributed by atoms with van der Waals surface area (Å²) in [6.45, 7) is 1.98. The topological polar surface area (TPSA) is 63.6 Å². The van der Waals surface area contributed by atoms with Crippen LogP contribution >= 0.6 is 23.4 Å². The molecule has 0 radical (unpaired) electrons. The maximum absolute atomic E-state index is 14.0. The predicted octanol–water partition coefficient (Wildman–Crippen LogP) is 4.50. The summed E-state index contributed by atoms with van der Waals surface area (Å²) in [5.74, 6) is -0.137. The fraction of sp³-hybridized carbons (Fsp3) is 0.105. The summed E-state index contributed by atoms with van der Waals surface area (Å²) in [5.41, 5.74) is 2.42. The quantitative estimate of drug-likeness (QED) is 0.404. The van der Waals surface area contributed by atoms with Crippen LogP contribution in [0.5, 0.6) is 0 Å². The van der Waals surface area contributed by atoms with E-state index in [1.165, 1.54) is 24.0 Å². The summed E-state index contributed by atoms with van der Waals surface area (Å²) in [6.07, 6.45) is 1.49. The molecular weight excluding hydrogens is 387 g/mol. The first kappa shape index (κ1) is 17.8. The van der Waals surface area contributed by atoms with Crippen LogP contribution in [0.3, 0.4) is 0 Å². The monoisotopic (exact) mass is 400 g/mol. The zero-order valence-corrected chi connectivity index (χ0v) is 15.8. The SMILES string of the molecule is Cc1cccc(-n2ncc3c(=O)[nH]c(SCc4c(F)cccc4Cl)nc32)c1. The van der Waals surface area contributed by atoms with Gasteiger partial charge in [0.2, 0.25) is 0 Å². The third-order valence-corrected chi connectivity index (χ3v) is 5.33. The van der Waals surface area contributed by atoms with Gasteiger partial charge in [-0.25, -0.2) is 14.1 Å². The van der Waals surface area contributed by atoms with Gasteiger partial charge < -0.3 is 4.98 Å². The Morgan fingerprint density at radius 2 is 2.07 bits per heavy atom. The molecule has 27 heavy (non-hydrogen) atoms. The molecule has 0 fully saturated rings. The first-order valence-electron chi connectivity index (χ1n) is 8.14. The van der Waals surface area contributed by atoms with Gasteiger partial charge in [-0.3, -0.25) is 4.79 Å². The van der Waals surface area contributed by atoms with Crippen LogP contribution in [0.15, 0.2) is 58.6 Å². The summed E-state index contributed by atoms with van der Waals surface area (Å²) < 4.78 is 15.6. The molecule has 4 aromatic rings. The second-order valence-corrected chi connectivity index (χ2v) is 7.36. The number of thioether (sulfide) groups is 1. The molecule has 0 unspecified atom stereocenters. The van der Waals surface area contributed by atoms with Crippen LogP contribution in [-0.4, -0.2) is 19.7 Å². The van der Waals surface area contributed by atoms with Crippen molar-refractivity contribution in [2.45, 2.75) is 17.8 Å². The Kier molecular flexibility index (Phi) is 4.72. The van der Waals surface area contributed by atoms with Gasteiger partial charge in [-0.15, -0.1) is 0 Å². The number of aryl methyl sites for hydroxylation is 1. The number of hydrogen-bond acceptors (Lipinski definition) is 4. The molecule has 0 amide bonds. The van der Waals surface area contributed by atoms with Crippen LogP contribution in [0.4, 0.5) is 4.39 Å². The lowest BCUT2D eigenvalue weighted by atomic mass is 10.2. The van der Waals surface area contributed by atoms with Gasteiger partial charge in [-0.1, -0.05) is 41.6 Å². The third-order valence-electron chi connectivity index (χ3n) is 4.08. The predicted molar refractivity (Wildman–Crippen MR) is 105 cm³/mol. The largest absolute Gasteiger partial charge is 0.301 e. The second-order valence-electron chi connectivity index (χ2n) is 5.99. The molecule has 2 aromatic heterocycles. The van der Waals surface area contributed by atoms with Gasteiger partial charge in [0.1, 0.15) is 11.2 Å². The summed E-state index contributed by atoms with van der Waals surface area (Å²) in [7, 11) is 0. The van der Waals surface area contributed by atoms with E-state index in [-0.39, 0.29) is 17.1 Å². The lowest BCUT2D eigenvalue weighted by Gasteiger charge is -2.07. The normalized spacial score (nSPS) is 11.2. The minimum absolute atomic E-state index is 0.249. The highest BCUT2D eigenvalue weighted by atomic mass is 35.5. The Morgan fingerprint density at radius 3 is 2.85 bits per heavy atom. The van der Waals surface area contributed by atoms with Crippen molar-refractivity contribution < 1.29 is 4.39 Å². The van der Waals surface area contributed by atoms with Crippen molar-refractivity contribution >= 4 is 34.4 Å². The number of fused-ring (bicyclic) bond motifs is 1. The molecule has 0 aliphatic carbocycles. The van der Waals surface area contributed by atoms with Crippen molar-refractivity contribution in [3.63, 3.8) is 0 Å². The minimum atomic E-state index is -0.386. The van der Waals surface area contributed by atoms with E-state index in [1.807, 2.05) is 31.2 Å². The van der Waals surface area contributed by atoms with E-state index < -0.39 is 0 Å². The highest BCUT2D eigenvalue weighted by molar-refractivity contribution is 7.98. The molecule has 5 nitrogen and oxygen atoms in total. The highest BCUT2D eigenvalue weighted by Gasteiger charge is 2.13. The number of hydrogen-bond donors (Lipinski definition) is 1. The van der Waals surface area contributed by atoms with Crippen LogP contribution in [-0.2, 0) is 5.75 Å². The maximum atomic E-state index is 14.0. The average Bonchev–Trinajstić information content (AvgIpc) is 3.06. The van der Waals surface area contributed by atoms with E-state index in [0.717, 1.165) is 11.3 Å². The molecule has 0 aliphatic heterocycles. The third kappa shape index (κ3) is 3.48. The van der Waals surface area contributed by atoms with E-state index in [0.29, 0.717) is 26.8 Å². The number of aromatic nitrogens is 4. The molecule has 1 N–H and O–H groups in total. The number of H-pyrrole nitrogens is 1. The number of nitrogens with zero attached hydrogens (tertiary/aromatic N) is 3. The molecule has 8 heteroatoms. The molecular formula is C19H14ClFN4OS. The Morgan fingerprint density at radius 1 is 1.26 bits per heavy atom. The molecule has 0 saturated carbocycles. The fourth-order valence-electron chi connectivity index (χ4n) is 2.73. The molecule has 2 heterocycles. The van der Waals surface area contributed by atoms with Crippen LogP contribution in [0.1, 0.15) is 11.1 Å². The smallest absolute Gasteiger partial charge is 0.262 e. The Bertz CT molecular complexity index is 1180. The number of rotatable bonds is 4. The van der Waals surface area contributed by atoms with Gasteiger partial charge in [0, 0.05) is 16.3 Å². The highest BCUT2D eigenvalue weighted by Crippen LogP contribution is 2.27. The molecule has 0 bridgehead atoms. The fourth-order valence-corrected chi connectivity index (χ4v) is 3.93. The van der Waals surface area contributed by atoms with Gasteiger partial charge in [0.25, 0.3) is 5.56 Å². The van der Waals surface area contributed by atoms with Crippen LogP contribution < -0.4 is 5.56 Å². The van der Waals surface area contributed by atoms with Crippen molar-refractivity contribution in [2.75, 3.05) is 0 Å². The summed E-state index contributed by atoms with van der Waals surface area (Å²) in [6, 6.07) is 12.3. The van der Waals surface area contributed by atoms with E-state index in [1.54, 1.807) is 16.8 Å². The molecule has 2 aromatic carbocycles. The summed E-state index contributed by atoms with van der Waals surface area (Å²) in [5, 5.41) is 5.41. The van der Waals surface area contributed by atoms with E-state index in [9.17, 15) is 9.18 Å². The van der Waals surface area contributed by atoms with Crippen molar-refractivity contribution in [3.05, 3.63) is 81.0 Å². The van der Waals surface area contributed by atoms with E-state index in [4.69, 9.17) is 11.6 Å². The van der Waals surface area contributed by atoms with Crippen molar-refractivity contribution in [2.24, 2.45) is 0 Å². The lowest BCUT2D eigenvalue weighted by Crippen LogP contribution is -2.10. The molecule has 0 saturated heterocycles. The van der Waals surface area contributed by atoms with Crippen LogP contribution in [0.2, 0.25) is 5.02 Å². The lowest BCUT2D eigenvalue weighted by molar-refractivity contribution is 0.617. The van der Waals surface area contributed by atoms with Gasteiger partial charge in [0.15, 0.2) is 10.8 Å².